The predicted molar refractivity (Wildman–Crippen MR) is 102 cm³/mol. The van der Waals surface area contributed by atoms with Gasteiger partial charge < -0.3 is 19.5 Å². The van der Waals surface area contributed by atoms with Crippen molar-refractivity contribution in [3.63, 3.8) is 0 Å². The molecule has 6 nitrogen and oxygen atoms in total. The second-order valence-electron chi connectivity index (χ2n) is 6.05. The van der Waals surface area contributed by atoms with E-state index in [9.17, 15) is 9.59 Å². The van der Waals surface area contributed by atoms with E-state index in [1.54, 1.807) is 24.3 Å². The van der Waals surface area contributed by atoms with Gasteiger partial charge >= 0.3 is 11.9 Å². The first-order valence-electron chi connectivity index (χ1n) is 8.44. The van der Waals surface area contributed by atoms with E-state index in [1.807, 2.05) is 30.3 Å². The Balaban J connectivity index is 0.00000261. The molecule has 144 valence electrons. The molecule has 1 fully saturated rings. The van der Waals surface area contributed by atoms with Crippen LogP contribution in [0.5, 0.6) is 5.75 Å². The zero-order valence-electron chi connectivity index (χ0n) is 14.9. The van der Waals surface area contributed by atoms with Crippen molar-refractivity contribution in [2.45, 2.75) is 25.2 Å². The largest absolute Gasteiger partial charge is 0.489 e. The number of carbonyl (C=O) groups excluding carboxylic acids is 2. The van der Waals surface area contributed by atoms with Gasteiger partial charge in [0.05, 0.1) is 12.7 Å². The first kappa shape index (κ1) is 20.7. The van der Waals surface area contributed by atoms with Crippen LogP contribution in [0.15, 0.2) is 54.6 Å². The van der Waals surface area contributed by atoms with E-state index in [1.165, 1.54) is 7.11 Å². The monoisotopic (exact) mass is 391 g/mol. The molecule has 1 saturated heterocycles. The maximum atomic E-state index is 12.1. The predicted octanol–water partition coefficient (Wildman–Crippen LogP) is 2.75. The van der Waals surface area contributed by atoms with Crippen molar-refractivity contribution in [1.82, 2.24) is 5.32 Å². The number of hydrogen-bond donors (Lipinski definition) is 1. The first-order valence-corrected chi connectivity index (χ1v) is 8.44. The molecule has 27 heavy (non-hydrogen) atoms. The molecule has 0 spiro atoms. The van der Waals surface area contributed by atoms with Crippen molar-refractivity contribution in [2.24, 2.45) is 0 Å². The summed E-state index contributed by atoms with van der Waals surface area (Å²) < 4.78 is 15.9. The first-order chi connectivity index (χ1) is 12.7. The fourth-order valence-corrected chi connectivity index (χ4v) is 2.78. The van der Waals surface area contributed by atoms with Gasteiger partial charge in [-0.1, -0.05) is 30.3 Å². The van der Waals surface area contributed by atoms with Gasteiger partial charge in [0, 0.05) is 13.0 Å². The summed E-state index contributed by atoms with van der Waals surface area (Å²) >= 11 is 0. The fraction of sp³-hybridized carbons (Fsp3) is 0.300. The summed E-state index contributed by atoms with van der Waals surface area (Å²) in [6.07, 6.45) is 0.433. The quantitative estimate of drug-likeness (QED) is 0.763. The minimum Gasteiger partial charge on any atom is -0.489 e. The Kier molecular flexibility index (Phi) is 7.64. The summed E-state index contributed by atoms with van der Waals surface area (Å²) in [6, 6.07) is 16.0. The third-order valence-corrected chi connectivity index (χ3v) is 4.18. The van der Waals surface area contributed by atoms with Crippen LogP contribution in [0.1, 0.15) is 22.3 Å². The second-order valence-corrected chi connectivity index (χ2v) is 6.05. The molecular weight excluding hydrogens is 370 g/mol. The van der Waals surface area contributed by atoms with Crippen molar-refractivity contribution in [2.75, 3.05) is 13.7 Å². The lowest BCUT2D eigenvalue weighted by Crippen LogP contribution is -2.31. The van der Waals surface area contributed by atoms with Gasteiger partial charge in [-0.2, -0.15) is 0 Å². The molecule has 1 aliphatic rings. The Morgan fingerprint density at radius 3 is 2.44 bits per heavy atom. The number of ether oxygens (including phenoxy) is 3. The van der Waals surface area contributed by atoms with Crippen LogP contribution in [0.3, 0.4) is 0 Å². The Bertz CT molecular complexity index is 751. The van der Waals surface area contributed by atoms with Crippen LogP contribution in [0.25, 0.3) is 0 Å². The smallest absolute Gasteiger partial charge is 0.338 e. The number of halogens is 1. The molecule has 0 amide bonds. The molecule has 1 heterocycles. The maximum absolute atomic E-state index is 12.1. The van der Waals surface area contributed by atoms with Crippen LogP contribution in [0, 0.1) is 0 Å². The Hall–Kier alpha value is -2.57. The van der Waals surface area contributed by atoms with Crippen molar-refractivity contribution >= 4 is 24.3 Å². The van der Waals surface area contributed by atoms with Gasteiger partial charge in [0.2, 0.25) is 0 Å². The minimum absolute atomic E-state index is 0. The van der Waals surface area contributed by atoms with Gasteiger partial charge in [0.15, 0.2) is 0 Å². The molecule has 0 radical (unpaired) electrons. The zero-order valence-corrected chi connectivity index (χ0v) is 15.7. The van der Waals surface area contributed by atoms with E-state index >= 15 is 0 Å². The third kappa shape index (κ3) is 5.70. The average molecular weight is 392 g/mol. The molecule has 0 bridgehead atoms. The van der Waals surface area contributed by atoms with E-state index in [4.69, 9.17) is 14.2 Å². The van der Waals surface area contributed by atoms with Crippen LogP contribution >= 0.6 is 12.4 Å². The number of nitrogens with one attached hydrogen (secondary N) is 1. The van der Waals surface area contributed by atoms with Gasteiger partial charge in [0.25, 0.3) is 0 Å². The lowest BCUT2D eigenvalue weighted by atomic mass is 10.2. The summed E-state index contributed by atoms with van der Waals surface area (Å²) in [5.41, 5.74) is 1.40. The number of methoxy groups -OCH3 is 1. The third-order valence-electron chi connectivity index (χ3n) is 4.18. The molecule has 2 atom stereocenters. The molecule has 7 heteroatoms. The van der Waals surface area contributed by atoms with Crippen molar-refractivity contribution in [1.29, 1.82) is 0 Å². The molecule has 2 aromatic carbocycles. The number of rotatable bonds is 6. The Labute approximate surface area is 164 Å². The highest BCUT2D eigenvalue weighted by atomic mass is 35.5. The number of esters is 2. The van der Waals surface area contributed by atoms with Crippen LogP contribution in [-0.2, 0) is 20.9 Å². The van der Waals surface area contributed by atoms with E-state index in [0.29, 0.717) is 24.3 Å². The molecule has 2 aromatic rings. The molecule has 0 aliphatic carbocycles. The molecule has 2 unspecified atom stereocenters. The summed E-state index contributed by atoms with van der Waals surface area (Å²) in [4.78, 5) is 23.6. The van der Waals surface area contributed by atoms with Gasteiger partial charge in [-0.15, -0.1) is 12.4 Å². The van der Waals surface area contributed by atoms with E-state index in [-0.39, 0.29) is 43.1 Å². The SMILES string of the molecule is COC(=O)C1CC(Oc2ccc(C(=O)OCc3ccccc3)cc2)CN1.Cl. The Morgan fingerprint density at radius 2 is 1.78 bits per heavy atom. The van der Waals surface area contributed by atoms with Crippen LogP contribution in [-0.4, -0.2) is 37.7 Å². The number of benzene rings is 2. The number of hydrogen-bond acceptors (Lipinski definition) is 6. The number of carbonyl (C=O) groups is 2. The van der Waals surface area contributed by atoms with E-state index in [2.05, 4.69) is 5.32 Å². The summed E-state index contributed by atoms with van der Waals surface area (Å²) in [5, 5.41) is 3.07. The minimum atomic E-state index is -0.381. The van der Waals surface area contributed by atoms with Crippen LogP contribution in [0.2, 0.25) is 0 Å². The highest BCUT2D eigenvalue weighted by Crippen LogP contribution is 2.19. The molecule has 0 aromatic heterocycles. The summed E-state index contributed by atoms with van der Waals surface area (Å²) in [6.45, 7) is 0.807. The normalized spacial score (nSPS) is 18.3. The van der Waals surface area contributed by atoms with Crippen LogP contribution in [0.4, 0.5) is 0 Å². The fourth-order valence-electron chi connectivity index (χ4n) is 2.78. The second kappa shape index (κ2) is 9.94. The van der Waals surface area contributed by atoms with Crippen molar-refractivity contribution < 1.29 is 23.8 Å². The standard InChI is InChI=1S/C20H21NO5.ClH/c1-24-20(23)18-11-17(12-21-18)26-16-9-7-15(8-10-16)19(22)25-13-14-5-3-2-4-6-14;/h2-10,17-18,21H,11-13H2,1H3;1H. The Morgan fingerprint density at radius 1 is 1.07 bits per heavy atom. The zero-order chi connectivity index (χ0) is 18.4. The molecule has 1 aliphatic heterocycles. The van der Waals surface area contributed by atoms with E-state index in [0.717, 1.165) is 5.56 Å². The molecular formula is C20H22ClNO5. The van der Waals surface area contributed by atoms with E-state index < -0.39 is 0 Å². The van der Waals surface area contributed by atoms with Crippen LogP contribution < -0.4 is 10.1 Å². The van der Waals surface area contributed by atoms with Gasteiger partial charge in [-0.3, -0.25) is 4.79 Å². The summed E-state index contributed by atoms with van der Waals surface area (Å²) in [7, 11) is 1.37. The maximum Gasteiger partial charge on any atom is 0.338 e. The lowest BCUT2D eigenvalue weighted by molar-refractivity contribution is -0.142. The molecule has 1 N–H and O–H groups in total. The van der Waals surface area contributed by atoms with Gasteiger partial charge in [0.1, 0.15) is 24.5 Å². The highest BCUT2D eigenvalue weighted by Gasteiger charge is 2.31. The topological polar surface area (TPSA) is 73.9 Å². The van der Waals surface area contributed by atoms with Gasteiger partial charge in [-0.05, 0) is 29.8 Å². The highest BCUT2D eigenvalue weighted by molar-refractivity contribution is 5.89. The average Bonchev–Trinajstić information content (AvgIpc) is 3.15. The van der Waals surface area contributed by atoms with Crippen molar-refractivity contribution in [3.05, 3.63) is 65.7 Å². The molecule has 3 rings (SSSR count). The van der Waals surface area contributed by atoms with Gasteiger partial charge in [-0.25, -0.2) is 4.79 Å². The summed E-state index contributed by atoms with van der Waals surface area (Å²) in [5.74, 6) is -0.0248. The molecule has 0 saturated carbocycles. The lowest BCUT2D eigenvalue weighted by Gasteiger charge is -2.13. The van der Waals surface area contributed by atoms with Crippen molar-refractivity contribution in [3.8, 4) is 5.75 Å².